The number of fused-ring (bicyclic) bond motifs is 4. The Morgan fingerprint density at radius 1 is 1.17 bits per heavy atom. The highest BCUT2D eigenvalue weighted by molar-refractivity contribution is 7.89. The molecule has 1 fully saturated rings. The van der Waals surface area contributed by atoms with E-state index in [-0.39, 0.29) is 10.4 Å². The van der Waals surface area contributed by atoms with Crippen molar-refractivity contribution in [1.82, 2.24) is 14.5 Å². The molecule has 1 aromatic carbocycles. The number of nitrogens with two attached hydrogens (primary N) is 1. The third-order valence-corrected chi connectivity index (χ3v) is 6.82. The highest BCUT2D eigenvalue weighted by Gasteiger charge is 2.39. The molecule has 10 heteroatoms. The molecule has 0 saturated heterocycles. The first kappa shape index (κ1) is 19.2. The molecule has 0 bridgehead atoms. The van der Waals surface area contributed by atoms with Crippen molar-refractivity contribution in [3.63, 3.8) is 0 Å². The first-order valence-electron chi connectivity index (χ1n) is 9.87. The maximum atomic E-state index is 11.4. The van der Waals surface area contributed by atoms with Gasteiger partial charge in [-0.2, -0.15) is 4.98 Å². The van der Waals surface area contributed by atoms with Crippen LogP contribution in [0.5, 0.6) is 0 Å². The quantitative estimate of drug-likeness (QED) is 0.589. The van der Waals surface area contributed by atoms with Gasteiger partial charge in [0, 0.05) is 23.5 Å². The Kier molecular flexibility index (Phi) is 4.38. The summed E-state index contributed by atoms with van der Waals surface area (Å²) in [6.07, 6.45) is 8.03. The second-order valence-corrected chi connectivity index (χ2v) is 9.45. The van der Waals surface area contributed by atoms with E-state index in [2.05, 4.69) is 19.9 Å². The van der Waals surface area contributed by atoms with Gasteiger partial charge in [0.15, 0.2) is 6.23 Å². The smallest absolute Gasteiger partial charge is 0.238 e. The van der Waals surface area contributed by atoms with Crippen molar-refractivity contribution >= 4 is 38.9 Å². The molecular weight excluding hydrogens is 404 g/mol. The fourth-order valence-corrected chi connectivity index (χ4v) is 4.96. The summed E-state index contributed by atoms with van der Waals surface area (Å²) in [4.78, 5) is 13.5. The summed E-state index contributed by atoms with van der Waals surface area (Å²) in [5.74, 6) is 0.384. The minimum Gasteiger partial charge on any atom is -0.367 e. The summed E-state index contributed by atoms with van der Waals surface area (Å²) in [5.41, 5.74) is 1.85. The van der Waals surface area contributed by atoms with Crippen molar-refractivity contribution in [2.45, 2.75) is 48.8 Å². The fraction of sp³-hybridized carbons (Fsp3) is 0.350. The van der Waals surface area contributed by atoms with E-state index in [1.54, 1.807) is 18.3 Å². The maximum Gasteiger partial charge on any atom is 0.238 e. The van der Waals surface area contributed by atoms with E-state index in [0.29, 0.717) is 11.6 Å². The topological polar surface area (TPSA) is 135 Å². The first-order chi connectivity index (χ1) is 14.4. The Morgan fingerprint density at radius 2 is 1.90 bits per heavy atom. The molecule has 2 aromatic heterocycles. The van der Waals surface area contributed by atoms with E-state index in [0.717, 1.165) is 42.4 Å². The number of hydrogen-bond donors (Lipinski definition) is 3. The number of aliphatic hydroxyl groups excluding tert-OH is 1. The number of aliphatic imine (C=N–C) groups is 1. The number of nitrogens with one attached hydrogen (secondary N) is 1. The van der Waals surface area contributed by atoms with Crippen molar-refractivity contribution in [2.75, 3.05) is 5.32 Å². The van der Waals surface area contributed by atoms with Gasteiger partial charge in [-0.05, 0) is 43.2 Å². The standard InChI is InChI=1S/C20H22N6O3S/c21-30(28,29)15-6-4-14(5-7-15)24-19-22-11-13-10-16-18(27)23-12-20(8-2-1-3-9-20)26(16)17(13)25-19/h4-7,10-12,18,27H,1-3,8-9H2,(H2,21,28,29)(H,22,24,25). The van der Waals surface area contributed by atoms with Gasteiger partial charge in [0.25, 0.3) is 0 Å². The van der Waals surface area contributed by atoms with Gasteiger partial charge in [0.05, 0.1) is 16.1 Å². The molecule has 30 heavy (non-hydrogen) atoms. The molecule has 1 spiro atoms. The molecule has 9 nitrogen and oxygen atoms in total. The lowest BCUT2D eigenvalue weighted by molar-refractivity contribution is 0.154. The third kappa shape index (κ3) is 3.17. The fourth-order valence-electron chi connectivity index (χ4n) is 4.44. The molecule has 0 radical (unpaired) electrons. The number of primary sulfonamides is 1. The SMILES string of the molecule is NS(=O)(=O)c1ccc(Nc2ncc3cc4n(c3n2)C2(C=NC4O)CCCCC2)cc1. The highest BCUT2D eigenvalue weighted by atomic mass is 32.2. The highest BCUT2D eigenvalue weighted by Crippen LogP contribution is 2.42. The van der Waals surface area contributed by atoms with E-state index in [9.17, 15) is 13.5 Å². The largest absolute Gasteiger partial charge is 0.367 e. The molecule has 5 rings (SSSR count). The molecule has 2 aliphatic rings. The van der Waals surface area contributed by atoms with E-state index >= 15 is 0 Å². The number of sulfonamides is 1. The lowest BCUT2D eigenvalue weighted by Crippen LogP contribution is -2.41. The van der Waals surface area contributed by atoms with Crippen molar-refractivity contribution in [1.29, 1.82) is 0 Å². The van der Waals surface area contributed by atoms with Crippen molar-refractivity contribution < 1.29 is 13.5 Å². The van der Waals surface area contributed by atoms with E-state index in [4.69, 9.17) is 10.1 Å². The predicted octanol–water partition coefficient (Wildman–Crippen LogP) is 2.56. The van der Waals surface area contributed by atoms with Crippen LogP contribution in [0.15, 0.2) is 46.4 Å². The number of hydrogen-bond acceptors (Lipinski definition) is 7. The van der Waals surface area contributed by atoms with Gasteiger partial charge in [0.1, 0.15) is 5.65 Å². The number of anilines is 2. The predicted molar refractivity (Wildman–Crippen MR) is 113 cm³/mol. The summed E-state index contributed by atoms with van der Waals surface area (Å²) >= 11 is 0. The lowest BCUT2D eigenvalue weighted by Gasteiger charge is -2.40. The molecule has 4 N–H and O–H groups in total. The molecule has 1 aliphatic carbocycles. The van der Waals surface area contributed by atoms with Crippen LogP contribution in [-0.4, -0.2) is 34.3 Å². The Bertz CT molecular complexity index is 1240. The second kappa shape index (κ2) is 6.86. The van der Waals surface area contributed by atoms with Gasteiger partial charge in [-0.1, -0.05) is 19.3 Å². The minimum atomic E-state index is -3.74. The number of benzene rings is 1. The molecular formula is C20H22N6O3S. The molecule has 1 atom stereocenters. The Morgan fingerprint density at radius 3 is 2.60 bits per heavy atom. The maximum absolute atomic E-state index is 11.4. The molecule has 0 amide bonds. The van der Waals surface area contributed by atoms with Crippen LogP contribution in [0.3, 0.4) is 0 Å². The van der Waals surface area contributed by atoms with Gasteiger partial charge in [0.2, 0.25) is 16.0 Å². The number of aliphatic hydroxyl groups is 1. The summed E-state index contributed by atoms with van der Waals surface area (Å²) in [7, 11) is -3.74. The van der Waals surface area contributed by atoms with Gasteiger partial charge < -0.3 is 15.0 Å². The summed E-state index contributed by atoms with van der Waals surface area (Å²) in [6, 6.07) is 7.98. The van der Waals surface area contributed by atoms with Gasteiger partial charge in [-0.15, -0.1) is 0 Å². The zero-order valence-electron chi connectivity index (χ0n) is 16.2. The van der Waals surface area contributed by atoms with E-state index in [1.165, 1.54) is 18.6 Å². The normalized spacial score (nSPS) is 20.4. The van der Waals surface area contributed by atoms with Crippen molar-refractivity contribution in [2.24, 2.45) is 10.1 Å². The van der Waals surface area contributed by atoms with Crippen LogP contribution >= 0.6 is 0 Å². The third-order valence-electron chi connectivity index (χ3n) is 5.89. The van der Waals surface area contributed by atoms with Crippen LogP contribution in [0.2, 0.25) is 0 Å². The zero-order chi connectivity index (χ0) is 20.9. The van der Waals surface area contributed by atoms with Crippen LogP contribution in [0.25, 0.3) is 11.0 Å². The number of aromatic nitrogens is 3. The minimum absolute atomic E-state index is 0.0394. The second-order valence-electron chi connectivity index (χ2n) is 7.89. The molecule has 3 aromatic rings. The van der Waals surface area contributed by atoms with Crippen LogP contribution < -0.4 is 10.5 Å². The van der Waals surface area contributed by atoms with E-state index in [1.807, 2.05) is 12.3 Å². The summed E-state index contributed by atoms with van der Waals surface area (Å²) < 4.78 is 25.0. The number of rotatable bonds is 3. The average molecular weight is 427 g/mol. The molecule has 3 heterocycles. The molecule has 1 unspecified atom stereocenters. The summed E-state index contributed by atoms with van der Waals surface area (Å²) in [6.45, 7) is 0. The number of nitrogens with zero attached hydrogens (tertiary/aromatic N) is 4. The zero-order valence-corrected chi connectivity index (χ0v) is 17.0. The average Bonchev–Trinajstić information content (AvgIpc) is 3.12. The van der Waals surface area contributed by atoms with Crippen LogP contribution in [0.1, 0.15) is 44.0 Å². The van der Waals surface area contributed by atoms with Crippen LogP contribution in [-0.2, 0) is 15.6 Å². The van der Waals surface area contributed by atoms with Gasteiger partial charge >= 0.3 is 0 Å². The molecule has 156 valence electrons. The van der Waals surface area contributed by atoms with E-state index < -0.39 is 16.3 Å². The van der Waals surface area contributed by atoms with Crippen LogP contribution in [0, 0.1) is 0 Å². The Balaban J connectivity index is 1.54. The monoisotopic (exact) mass is 426 g/mol. The first-order valence-corrected chi connectivity index (χ1v) is 11.4. The molecule has 1 aliphatic heterocycles. The van der Waals surface area contributed by atoms with Crippen LogP contribution in [0.4, 0.5) is 11.6 Å². The van der Waals surface area contributed by atoms with Gasteiger partial charge in [-0.3, -0.25) is 4.99 Å². The Hall–Kier alpha value is -2.82. The van der Waals surface area contributed by atoms with Gasteiger partial charge in [-0.25, -0.2) is 18.5 Å². The Labute approximate surface area is 173 Å². The lowest BCUT2D eigenvalue weighted by atomic mass is 9.81. The van der Waals surface area contributed by atoms with Crippen molar-refractivity contribution in [3.8, 4) is 0 Å². The van der Waals surface area contributed by atoms with Crippen molar-refractivity contribution in [3.05, 3.63) is 42.2 Å². The molecule has 1 saturated carbocycles. The summed E-state index contributed by atoms with van der Waals surface area (Å²) in [5, 5.41) is 19.5.